The van der Waals surface area contributed by atoms with Gasteiger partial charge in [-0.05, 0) is 30.2 Å². The summed E-state index contributed by atoms with van der Waals surface area (Å²) in [6.07, 6.45) is 0.272. The van der Waals surface area contributed by atoms with Gasteiger partial charge in [0.25, 0.3) is 0 Å². The van der Waals surface area contributed by atoms with Crippen LogP contribution < -0.4 is 25.8 Å². The molecule has 2 aromatic carbocycles. The van der Waals surface area contributed by atoms with Gasteiger partial charge in [0.15, 0.2) is 11.5 Å². The minimum absolute atomic E-state index is 0.0316. The van der Waals surface area contributed by atoms with Crippen LogP contribution in [0, 0.1) is 11.8 Å². The molecule has 4 N–H and O–H groups in total. The van der Waals surface area contributed by atoms with E-state index in [2.05, 4.69) is 10.6 Å². The molecule has 4 atom stereocenters. The Morgan fingerprint density at radius 3 is 2.71 bits per heavy atom. The van der Waals surface area contributed by atoms with Crippen molar-refractivity contribution in [3.8, 4) is 11.5 Å². The number of nitrogens with one attached hydrogen (secondary N) is 2. The molecule has 1 spiro atoms. The number of fused-ring (bicyclic) bond motifs is 5. The van der Waals surface area contributed by atoms with E-state index in [0.29, 0.717) is 28.3 Å². The van der Waals surface area contributed by atoms with E-state index in [0.717, 1.165) is 0 Å². The Morgan fingerprint density at radius 2 is 1.88 bits per heavy atom. The van der Waals surface area contributed by atoms with Gasteiger partial charge in [0, 0.05) is 23.7 Å². The predicted molar refractivity (Wildman–Crippen MR) is 117 cm³/mol. The first-order chi connectivity index (χ1) is 16.4. The van der Waals surface area contributed by atoms with Gasteiger partial charge in [-0.15, -0.1) is 0 Å². The van der Waals surface area contributed by atoms with E-state index in [1.165, 1.54) is 4.90 Å². The average Bonchev–Trinajstić information content (AvgIpc) is 3.54. The number of carbonyl (C=O) groups is 4. The fourth-order valence-electron chi connectivity index (χ4n) is 5.74. The lowest BCUT2D eigenvalue weighted by Gasteiger charge is -2.29. The second-order valence-corrected chi connectivity index (χ2v) is 9.02. The van der Waals surface area contributed by atoms with Crippen LogP contribution >= 0.6 is 0 Å². The topological polar surface area (TPSA) is 140 Å². The van der Waals surface area contributed by atoms with E-state index in [-0.39, 0.29) is 38.0 Å². The van der Waals surface area contributed by atoms with Gasteiger partial charge in [0.2, 0.25) is 30.4 Å². The number of anilines is 1. The van der Waals surface area contributed by atoms with Crippen LogP contribution in [0.1, 0.15) is 24.0 Å². The number of para-hydroxylation sites is 1. The highest BCUT2D eigenvalue weighted by Gasteiger charge is 2.70. The third-order valence-corrected chi connectivity index (χ3v) is 7.19. The Labute approximate surface area is 194 Å². The van der Waals surface area contributed by atoms with E-state index in [1.807, 2.05) is 0 Å². The molecule has 0 aromatic heterocycles. The van der Waals surface area contributed by atoms with Gasteiger partial charge in [-0.25, -0.2) is 0 Å². The highest BCUT2D eigenvalue weighted by atomic mass is 16.7. The van der Waals surface area contributed by atoms with Gasteiger partial charge in [0.05, 0.1) is 18.4 Å². The van der Waals surface area contributed by atoms with Crippen LogP contribution in [0.15, 0.2) is 42.5 Å². The molecule has 4 heterocycles. The fraction of sp³-hybridized carbons (Fsp3) is 0.333. The zero-order valence-electron chi connectivity index (χ0n) is 18.1. The van der Waals surface area contributed by atoms with Gasteiger partial charge < -0.3 is 20.5 Å². The third kappa shape index (κ3) is 2.78. The highest BCUT2D eigenvalue weighted by Crippen LogP contribution is 2.53. The summed E-state index contributed by atoms with van der Waals surface area (Å²) in [7, 11) is 0. The lowest BCUT2D eigenvalue weighted by atomic mass is 9.76. The molecule has 0 saturated carbocycles. The molecule has 34 heavy (non-hydrogen) atoms. The molecule has 6 rings (SSSR count). The Kier molecular flexibility index (Phi) is 4.43. The van der Waals surface area contributed by atoms with Crippen LogP contribution in [-0.4, -0.2) is 41.4 Å². The Morgan fingerprint density at radius 1 is 1.09 bits per heavy atom. The van der Waals surface area contributed by atoms with E-state index >= 15 is 0 Å². The average molecular weight is 462 g/mol. The van der Waals surface area contributed by atoms with Crippen molar-refractivity contribution in [2.24, 2.45) is 17.6 Å². The first kappa shape index (κ1) is 20.7. The first-order valence-corrected chi connectivity index (χ1v) is 11.1. The summed E-state index contributed by atoms with van der Waals surface area (Å²) < 4.78 is 10.8. The van der Waals surface area contributed by atoms with Crippen molar-refractivity contribution in [1.82, 2.24) is 10.2 Å². The molecule has 2 aromatic rings. The SMILES string of the molecule is NC(=O)CCC1NC2(C(=O)Nc3ccccc32)C2C(=O)N(Cc3ccc4c(c3)OCO4)C(=O)C12. The summed E-state index contributed by atoms with van der Waals surface area (Å²) >= 11 is 0. The standard InChI is InChI=1S/C24H22N4O6/c25-18(29)8-6-15-19-20(24(27-15)13-3-1-2-4-14(13)26-23(24)32)22(31)28(21(19)30)10-12-5-7-16-17(9-12)34-11-33-16/h1-5,7,9,15,19-20,27H,6,8,10-11H2,(H2,25,29)(H,26,32). The van der Waals surface area contributed by atoms with E-state index < -0.39 is 35.2 Å². The molecule has 4 amide bonds. The lowest BCUT2D eigenvalue weighted by Crippen LogP contribution is -2.53. The number of benzene rings is 2. The molecule has 4 unspecified atom stereocenters. The summed E-state index contributed by atoms with van der Waals surface area (Å²) in [4.78, 5) is 53.4. The van der Waals surface area contributed by atoms with Crippen LogP contribution in [0.2, 0.25) is 0 Å². The summed E-state index contributed by atoms with van der Waals surface area (Å²) in [5.74, 6) is -2.25. The molecular formula is C24H22N4O6. The van der Waals surface area contributed by atoms with Crippen LogP contribution in [-0.2, 0) is 31.3 Å². The molecular weight excluding hydrogens is 440 g/mol. The number of hydrogen-bond acceptors (Lipinski definition) is 7. The highest BCUT2D eigenvalue weighted by molar-refractivity contribution is 6.15. The van der Waals surface area contributed by atoms with E-state index in [9.17, 15) is 19.2 Å². The molecule has 2 fully saturated rings. The normalized spacial score (nSPS) is 28.4. The minimum atomic E-state index is -1.39. The second-order valence-electron chi connectivity index (χ2n) is 9.02. The van der Waals surface area contributed by atoms with E-state index in [1.54, 1.807) is 42.5 Å². The summed E-state index contributed by atoms with van der Waals surface area (Å²) in [6, 6.07) is 11.8. The summed E-state index contributed by atoms with van der Waals surface area (Å²) in [5, 5.41) is 6.14. The number of primary amides is 1. The number of ether oxygens (including phenoxy) is 2. The molecule has 0 bridgehead atoms. The van der Waals surface area contributed by atoms with Crippen molar-refractivity contribution < 1.29 is 28.7 Å². The first-order valence-electron chi connectivity index (χ1n) is 11.1. The zero-order chi connectivity index (χ0) is 23.6. The third-order valence-electron chi connectivity index (χ3n) is 7.19. The molecule has 10 heteroatoms. The Bertz CT molecular complexity index is 1260. The van der Waals surface area contributed by atoms with Gasteiger partial charge in [0.1, 0.15) is 5.54 Å². The number of imide groups is 1. The maximum atomic E-state index is 13.8. The quantitative estimate of drug-likeness (QED) is 0.553. The van der Waals surface area contributed by atoms with Gasteiger partial charge >= 0.3 is 0 Å². The maximum absolute atomic E-state index is 13.8. The van der Waals surface area contributed by atoms with Crippen molar-refractivity contribution in [3.05, 3.63) is 53.6 Å². The molecule has 4 aliphatic rings. The van der Waals surface area contributed by atoms with Crippen LogP contribution in [0.4, 0.5) is 5.69 Å². The summed E-state index contributed by atoms with van der Waals surface area (Å²) in [6.45, 7) is 0.165. The maximum Gasteiger partial charge on any atom is 0.250 e. The van der Waals surface area contributed by atoms with Crippen molar-refractivity contribution in [2.75, 3.05) is 12.1 Å². The molecule has 0 radical (unpaired) electrons. The number of likely N-dealkylation sites (tertiary alicyclic amines) is 1. The number of carbonyl (C=O) groups excluding carboxylic acids is 4. The Hall–Kier alpha value is -3.92. The number of nitrogens with zero attached hydrogens (tertiary/aromatic N) is 1. The predicted octanol–water partition coefficient (Wildman–Crippen LogP) is 0.601. The van der Waals surface area contributed by atoms with Gasteiger partial charge in [-0.2, -0.15) is 0 Å². The number of hydrogen-bond donors (Lipinski definition) is 3. The fourth-order valence-corrected chi connectivity index (χ4v) is 5.74. The van der Waals surface area contributed by atoms with Gasteiger partial charge in [-0.3, -0.25) is 29.4 Å². The molecule has 0 aliphatic carbocycles. The Balaban J connectivity index is 1.39. The zero-order valence-corrected chi connectivity index (χ0v) is 18.1. The monoisotopic (exact) mass is 462 g/mol. The number of amides is 4. The number of nitrogens with two attached hydrogens (primary N) is 1. The molecule has 4 aliphatic heterocycles. The van der Waals surface area contributed by atoms with E-state index in [4.69, 9.17) is 15.2 Å². The molecule has 174 valence electrons. The van der Waals surface area contributed by atoms with Crippen LogP contribution in [0.25, 0.3) is 0 Å². The smallest absolute Gasteiger partial charge is 0.250 e. The van der Waals surface area contributed by atoms with Crippen LogP contribution in [0.5, 0.6) is 11.5 Å². The minimum Gasteiger partial charge on any atom is -0.454 e. The number of rotatable bonds is 5. The molecule has 2 saturated heterocycles. The molecule has 10 nitrogen and oxygen atoms in total. The van der Waals surface area contributed by atoms with Crippen LogP contribution in [0.3, 0.4) is 0 Å². The largest absolute Gasteiger partial charge is 0.454 e. The van der Waals surface area contributed by atoms with Crippen molar-refractivity contribution in [3.63, 3.8) is 0 Å². The summed E-state index contributed by atoms with van der Waals surface area (Å²) in [5.41, 5.74) is 5.91. The lowest BCUT2D eigenvalue weighted by molar-refractivity contribution is -0.143. The van der Waals surface area contributed by atoms with Crippen molar-refractivity contribution in [1.29, 1.82) is 0 Å². The van der Waals surface area contributed by atoms with Gasteiger partial charge in [-0.1, -0.05) is 24.3 Å². The van der Waals surface area contributed by atoms with Crippen molar-refractivity contribution >= 4 is 29.3 Å². The van der Waals surface area contributed by atoms with Crippen molar-refractivity contribution in [2.45, 2.75) is 31.0 Å². The second kappa shape index (κ2) is 7.29.